The van der Waals surface area contributed by atoms with Gasteiger partial charge in [-0.2, -0.15) is 11.8 Å². The van der Waals surface area contributed by atoms with E-state index in [-0.39, 0.29) is 18.9 Å². The molecule has 4 N–H and O–H groups in total. The highest BCUT2D eigenvalue weighted by molar-refractivity contribution is 7.98. The first-order valence-electron chi connectivity index (χ1n) is 10.2. The maximum atomic E-state index is 12.5. The van der Waals surface area contributed by atoms with Gasteiger partial charge in [0.1, 0.15) is 18.7 Å². The van der Waals surface area contributed by atoms with E-state index in [2.05, 4.69) is 10.6 Å². The smallest absolute Gasteiger partial charge is 0.407 e. The molecule has 8 nitrogen and oxygen atoms in total. The molecule has 2 aromatic carbocycles. The van der Waals surface area contributed by atoms with Gasteiger partial charge in [0.15, 0.2) is 0 Å². The lowest BCUT2D eigenvalue weighted by molar-refractivity contribution is -0.143. The molecule has 0 spiro atoms. The van der Waals surface area contributed by atoms with E-state index in [4.69, 9.17) is 14.9 Å². The monoisotopic (exact) mass is 458 g/mol. The fraction of sp³-hybridized carbons (Fsp3) is 0.348. The molecule has 32 heavy (non-hydrogen) atoms. The number of hydrogen-bond donors (Lipinski definition) is 4. The van der Waals surface area contributed by atoms with Gasteiger partial charge in [0, 0.05) is 5.92 Å². The number of nitrogens with one attached hydrogen (secondary N) is 2. The quantitative estimate of drug-likeness (QED) is 0.430. The Hall–Kier alpha value is -3.04. The maximum Gasteiger partial charge on any atom is 0.407 e. The molecule has 0 fully saturated rings. The van der Waals surface area contributed by atoms with Crippen LogP contribution in [0.1, 0.15) is 23.5 Å². The van der Waals surface area contributed by atoms with Crippen LogP contribution in [0.5, 0.6) is 0 Å². The number of fused-ring (bicyclic) bond motifs is 3. The molecule has 0 radical (unpaired) electrons. The fourth-order valence-electron chi connectivity index (χ4n) is 3.74. The average molecular weight is 459 g/mol. The van der Waals surface area contributed by atoms with Crippen molar-refractivity contribution in [2.75, 3.05) is 25.2 Å². The van der Waals surface area contributed by atoms with Gasteiger partial charge in [0.2, 0.25) is 5.91 Å². The summed E-state index contributed by atoms with van der Waals surface area (Å²) < 4.78 is 5.48. The number of carbonyl (C=O) groups excluding carboxylic acids is 2. The van der Waals surface area contributed by atoms with Crippen molar-refractivity contribution in [1.29, 1.82) is 0 Å². The number of benzene rings is 2. The van der Waals surface area contributed by atoms with Crippen LogP contribution in [0.25, 0.3) is 11.1 Å². The number of amides is 2. The summed E-state index contributed by atoms with van der Waals surface area (Å²) in [5.74, 6) is -1.59. The Morgan fingerprint density at radius 2 is 1.59 bits per heavy atom. The Kier molecular flexibility index (Phi) is 8.13. The lowest BCUT2D eigenvalue weighted by Gasteiger charge is -2.21. The molecule has 0 heterocycles. The minimum Gasteiger partial charge on any atom is -0.480 e. The zero-order valence-electron chi connectivity index (χ0n) is 17.6. The number of carboxylic acids is 1. The first-order valence-corrected chi connectivity index (χ1v) is 11.6. The molecule has 170 valence electrons. The standard InChI is InChI=1S/C23H26N2O6S/c1-32-11-10-19(21(27)24-20(12-26)22(28)29)25-23(30)31-13-18-16-8-4-2-6-14(16)15-7-3-5-9-17(15)18/h2-9,18-20,26H,10-13H2,1H3,(H,24,27)(H,25,30)(H,28,29)/t19-,20?/m1/s1. The van der Waals surface area contributed by atoms with Crippen molar-refractivity contribution < 1.29 is 29.3 Å². The lowest BCUT2D eigenvalue weighted by Crippen LogP contribution is -2.53. The van der Waals surface area contributed by atoms with E-state index < -0.39 is 36.7 Å². The summed E-state index contributed by atoms with van der Waals surface area (Å²) in [4.78, 5) is 36.1. The molecule has 1 aliphatic carbocycles. The highest BCUT2D eigenvalue weighted by atomic mass is 32.2. The number of aliphatic hydroxyl groups excluding tert-OH is 1. The van der Waals surface area contributed by atoms with Crippen LogP contribution < -0.4 is 10.6 Å². The Balaban J connectivity index is 1.65. The van der Waals surface area contributed by atoms with Gasteiger partial charge < -0.3 is 25.6 Å². The van der Waals surface area contributed by atoms with Gasteiger partial charge in [-0.1, -0.05) is 48.5 Å². The summed E-state index contributed by atoms with van der Waals surface area (Å²) in [6.07, 6.45) is 1.38. The topological polar surface area (TPSA) is 125 Å². The number of ether oxygens (including phenoxy) is 1. The van der Waals surface area contributed by atoms with Crippen LogP contribution in [-0.2, 0) is 14.3 Å². The van der Waals surface area contributed by atoms with E-state index in [1.807, 2.05) is 54.8 Å². The number of thioether (sulfide) groups is 1. The predicted molar refractivity (Wildman–Crippen MR) is 122 cm³/mol. The molecular formula is C23H26N2O6S. The Labute approximate surface area is 190 Å². The summed E-state index contributed by atoms with van der Waals surface area (Å²) in [5, 5.41) is 22.9. The zero-order chi connectivity index (χ0) is 23.1. The number of rotatable bonds is 10. The van der Waals surface area contributed by atoms with Crippen LogP contribution in [0.2, 0.25) is 0 Å². The number of aliphatic carboxylic acids is 1. The summed E-state index contributed by atoms with van der Waals surface area (Å²) >= 11 is 1.49. The first-order chi connectivity index (χ1) is 15.5. The van der Waals surface area contributed by atoms with E-state index in [1.165, 1.54) is 11.8 Å². The molecule has 1 unspecified atom stereocenters. The second kappa shape index (κ2) is 11.0. The normalized spacial score (nSPS) is 14.1. The molecule has 0 saturated carbocycles. The second-order valence-electron chi connectivity index (χ2n) is 7.39. The Morgan fingerprint density at radius 3 is 2.12 bits per heavy atom. The Morgan fingerprint density at radius 1 is 1.00 bits per heavy atom. The van der Waals surface area contributed by atoms with Crippen molar-refractivity contribution in [2.24, 2.45) is 0 Å². The third-order valence-corrected chi connectivity index (χ3v) is 6.00. The Bertz CT molecular complexity index is 937. The SMILES string of the molecule is CSCC[C@@H](NC(=O)OCC1c2ccccc2-c2ccccc21)C(=O)NC(CO)C(=O)O. The molecule has 2 amide bonds. The van der Waals surface area contributed by atoms with Gasteiger partial charge in [0.05, 0.1) is 6.61 Å². The van der Waals surface area contributed by atoms with Crippen LogP contribution in [0, 0.1) is 0 Å². The van der Waals surface area contributed by atoms with Crippen LogP contribution in [0.3, 0.4) is 0 Å². The molecule has 3 rings (SSSR count). The molecule has 9 heteroatoms. The van der Waals surface area contributed by atoms with Crippen molar-refractivity contribution in [3.8, 4) is 11.1 Å². The molecule has 1 aliphatic rings. The number of hydrogen-bond acceptors (Lipinski definition) is 6. The summed E-state index contributed by atoms with van der Waals surface area (Å²) in [7, 11) is 0. The minimum atomic E-state index is -1.44. The van der Waals surface area contributed by atoms with Gasteiger partial charge in [-0.15, -0.1) is 0 Å². The van der Waals surface area contributed by atoms with E-state index >= 15 is 0 Å². The molecule has 0 aliphatic heterocycles. The summed E-state index contributed by atoms with van der Waals surface area (Å²) in [5.41, 5.74) is 4.37. The minimum absolute atomic E-state index is 0.102. The van der Waals surface area contributed by atoms with Crippen LogP contribution in [-0.4, -0.2) is 65.5 Å². The van der Waals surface area contributed by atoms with Gasteiger partial charge in [-0.25, -0.2) is 9.59 Å². The third-order valence-electron chi connectivity index (χ3n) is 5.36. The van der Waals surface area contributed by atoms with Crippen molar-refractivity contribution >= 4 is 29.7 Å². The van der Waals surface area contributed by atoms with Crippen molar-refractivity contribution in [2.45, 2.75) is 24.4 Å². The lowest BCUT2D eigenvalue weighted by atomic mass is 9.98. The van der Waals surface area contributed by atoms with E-state index in [1.54, 1.807) is 0 Å². The number of alkyl carbamates (subject to hydrolysis) is 1. The van der Waals surface area contributed by atoms with Crippen molar-refractivity contribution in [1.82, 2.24) is 10.6 Å². The number of carboxylic acid groups (broad SMARTS) is 1. The summed E-state index contributed by atoms with van der Waals surface area (Å²) in [6.45, 7) is -0.646. The predicted octanol–water partition coefficient (Wildman–Crippen LogP) is 2.21. The van der Waals surface area contributed by atoms with Gasteiger partial charge in [-0.05, 0) is 40.7 Å². The number of carbonyl (C=O) groups is 3. The van der Waals surface area contributed by atoms with Crippen molar-refractivity contribution in [3.05, 3.63) is 59.7 Å². The molecule has 0 saturated heterocycles. The molecular weight excluding hydrogens is 432 g/mol. The van der Waals surface area contributed by atoms with Crippen molar-refractivity contribution in [3.63, 3.8) is 0 Å². The second-order valence-corrected chi connectivity index (χ2v) is 8.37. The largest absolute Gasteiger partial charge is 0.480 e. The van der Waals surface area contributed by atoms with Gasteiger partial charge in [0.25, 0.3) is 0 Å². The molecule has 0 bridgehead atoms. The molecule has 2 atom stereocenters. The van der Waals surface area contributed by atoms with Crippen LogP contribution in [0.15, 0.2) is 48.5 Å². The van der Waals surface area contributed by atoms with Crippen LogP contribution >= 0.6 is 11.8 Å². The van der Waals surface area contributed by atoms with Gasteiger partial charge in [-0.3, -0.25) is 4.79 Å². The van der Waals surface area contributed by atoms with Crippen LogP contribution in [0.4, 0.5) is 4.79 Å². The third kappa shape index (κ3) is 5.41. The van der Waals surface area contributed by atoms with E-state index in [0.29, 0.717) is 5.75 Å². The first kappa shape index (κ1) is 23.6. The van der Waals surface area contributed by atoms with E-state index in [0.717, 1.165) is 22.3 Å². The summed E-state index contributed by atoms with van der Waals surface area (Å²) in [6, 6.07) is 13.5. The highest BCUT2D eigenvalue weighted by Crippen LogP contribution is 2.44. The average Bonchev–Trinajstić information content (AvgIpc) is 3.12. The number of aliphatic hydroxyl groups is 1. The fourth-order valence-corrected chi connectivity index (χ4v) is 4.22. The van der Waals surface area contributed by atoms with E-state index in [9.17, 15) is 14.4 Å². The molecule has 2 aromatic rings. The zero-order valence-corrected chi connectivity index (χ0v) is 18.4. The van der Waals surface area contributed by atoms with Gasteiger partial charge >= 0.3 is 12.1 Å². The maximum absolute atomic E-state index is 12.5. The highest BCUT2D eigenvalue weighted by Gasteiger charge is 2.30. The molecule has 0 aromatic heterocycles.